The Labute approximate surface area is 159 Å². The first-order valence-corrected chi connectivity index (χ1v) is 9.19. The first-order valence-electron chi connectivity index (χ1n) is 9.19. The number of aromatic nitrogens is 3. The van der Waals surface area contributed by atoms with Crippen LogP contribution in [0.5, 0.6) is 11.5 Å². The Bertz CT molecular complexity index is 908. The third kappa shape index (κ3) is 3.66. The molecule has 3 aromatic rings. The second-order valence-corrected chi connectivity index (χ2v) is 6.67. The third-order valence-electron chi connectivity index (χ3n) is 5.00. The summed E-state index contributed by atoms with van der Waals surface area (Å²) in [5.74, 6) is 3.55. The van der Waals surface area contributed by atoms with Crippen molar-refractivity contribution >= 4 is 0 Å². The van der Waals surface area contributed by atoms with Crippen molar-refractivity contribution in [2.45, 2.75) is 19.5 Å². The van der Waals surface area contributed by atoms with Crippen molar-refractivity contribution in [3.8, 4) is 22.9 Å². The summed E-state index contributed by atoms with van der Waals surface area (Å²) in [5.41, 5.74) is 2.33. The van der Waals surface area contributed by atoms with Gasteiger partial charge in [-0.05, 0) is 17.7 Å². The number of hydrogen-bond acceptors (Lipinski definition) is 5. The van der Waals surface area contributed by atoms with Crippen LogP contribution in [0.1, 0.15) is 11.4 Å². The van der Waals surface area contributed by atoms with E-state index in [1.807, 2.05) is 24.3 Å². The molecule has 0 amide bonds. The van der Waals surface area contributed by atoms with E-state index in [0.717, 1.165) is 61.3 Å². The van der Waals surface area contributed by atoms with E-state index in [9.17, 15) is 0 Å². The van der Waals surface area contributed by atoms with Crippen LogP contribution < -0.4 is 9.47 Å². The van der Waals surface area contributed by atoms with Crippen molar-refractivity contribution in [3.63, 3.8) is 0 Å². The Balaban J connectivity index is 1.49. The van der Waals surface area contributed by atoms with E-state index in [1.165, 1.54) is 5.56 Å². The zero-order chi connectivity index (χ0) is 18.6. The van der Waals surface area contributed by atoms with Gasteiger partial charge >= 0.3 is 0 Å². The monoisotopic (exact) mass is 364 g/mol. The molecule has 2 heterocycles. The van der Waals surface area contributed by atoms with E-state index in [2.05, 4.69) is 43.9 Å². The van der Waals surface area contributed by atoms with Crippen molar-refractivity contribution in [1.29, 1.82) is 0 Å². The zero-order valence-corrected chi connectivity index (χ0v) is 15.8. The highest BCUT2D eigenvalue weighted by Crippen LogP contribution is 2.28. The highest BCUT2D eigenvalue weighted by atomic mass is 16.5. The summed E-state index contributed by atoms with van der Waals surface area (Å²) in [6.45, 7) is 3.68. The molecule has 0 spiro atoms. The third-order valence-corrected chi connectivity index (χ3v) is 5.00. The van der Waals surface area contributed by atoms with E-state index >= 15 is 0 Å². The average molecular weight is 364 g/mol. The van der Waals surface area contributed by atoms with Gasteiger partial charge in [0.25, 0.3) is 0 Å². The lowest BCUT2D eigenvalue weighted by molar-refractivity contribution is 0.270. The first-order chi connectivity index (χ1) is 13.3. The van der Waals surface area contributed by atoms with Crippen LogP contribution in [-0.2, 0) is 19.5 Å². The molecule has 1 aliphatic rings. The van der Waals surface area contributed by atoms with Gasteiger partial charge in [-0.1, -0.05) is 36.4 Å². The number of fused-ring (bicyclic) bond motifs is 1. The molecule has 2 aromatic carbocycles. The molecule has 1 aromatic heterocycles. The van der Waals surface area contributed by atoms with Crippen molar-refractivity contribution in [2.24, 2.45) is 0 Å². The van der Waals surface area contributed by atoms with Gasteiger partial charge in [0, 0.05) is 38.2 Å². The summed E-state index contributed by atoms with van der Waals surface area (Å²) < 4.78 is 13.0. The summed E-state index contributed by atoms with van der Waals surface area (Å²) in [6.07, 6.45) is 0.896. The topological polar surface area (TPSA) is 52.4 Å². The minimum atomic E-state index is 0.760. The smallest absolute Gasteiger partial charge is 0.164 e. The maximum Gasteiger partial charge on any atom is 0.164 e. The van der Waals surface area contributed by atoms with Gasteiger partial charge in [0.1, 0.15) is 5.82 Å². The van der Waals surface area contributed by atoms with Crippen LogP contribution >= 0.6 is 0 Å². The second kappa shape index (κ2) is 7.80. The Morgan fingerprint density at radius 3 is 2.48 bits per heavy atom. The van der Waals surface area contributed by atoms with Gasteiger partial charge in [0.2, 0.25) is 0 Å². The fraction of sp³-hybridized carbons (Fsp3) is 0.333. The van der Waals surface area contributed by atoms with Crippen LogP contribution in [0.25, 0.3) is 11.4 Å². The Kier molecular flexibility index (Phi) is 5.07. The number of benzene rings is 2. The van der Waals surface area contributed by atoms with Crippen LogP contribution in [0.3, 0.4) is 0 Å². The molecule has 0 saturated heterocycles. The van der Waals surface area contributed by atoms with Crippen LogP contribution in [-0.4, -0.2) is 47.0 Å². The van der Waals surface area contributed by atoms with E-state index in [4.69, 9.17) is 9.47 Å². The molecule has 6 heteroatoms. The quantitative estimate of drug-likeness (QED) is 0.697. The molecule has 4 rings (SSSR count). The van der Waals surface area contributed by atoms with Crippen molar-refractivity contribution in [1.82, 2.24) is 19.7 Å². The molecule has 140 valence electrons. The maximum absolute atomic E-state index is 5.43. The van der Waals surface area contributed by atoms with Gasteiger partial charge in [0.15, 0.2) is 17.3 Å². The predicted octanol–water partition coefficient (Wildman–Crippen LogP) is 3.02. The Morgan fingerprint density at radius 1 is 0.889 bits per heavy atom. The maximum atomic E-state index is 5.43. The number of hydrogen-bond donors (Lipinski definition) is 0. The van der Waals surface area contributed by atoms with Crippen LogP contribution in [0.15, 0.2) is 48.5 Å². The van der Waals surface area contributed by atoms with Crippen LogP contribution in [0.4, 0.5) is 0 Å². The fourth-order valence-electron chi connectivity index (χ4n) is 3.56. The predicted molar refractivity (Wildman–Crippen MR) is 104 cm³/mol. The molecule has 0 atom stereocenters. The summed E-state index contributed by atoms with van der Waals surface area (Å²) in [6, 6.07) is 16.4. The number of rotatable bonds is 5. The highest BCUT2D eigenvalue weighted by Gasteiger charge is 2.19. The van der Waals surface area contributed by atoms with Crippen molar-refractivity contribution < 1.29 is 9.47 Å². The molecule has 0 saturated carbocycles. The summed E-state index contributed by atoms with van der Waals surface area (Å²) >= 11 is 0. The minimum Gasteiger partial charge on any atom is -0.493 e. The lowest BCUT2D eigenvalue weighted by Gasteiger charge is -2.20. The average Bonchev–Trinajstić information content (AvgIpc) is 3.03. The van der Waals surface area contributed by atoms with Gasteiger partial charge in [-0.3, -0.25) is 4.90 Å². The van der Waals surface area contributed by atoms with Gasteiger partial charge in [-0.25, -0.2) is 0 Å². The standard InChI is InChI=1S/C21H24N4O2/c1-26-18-9-8-16(14-19(18)27-2)15-24-11-10-20-22-23-21(25(20)13-12-24)17-6-4-3-5-7-17/h3-9,14H,10-13,15H2,1-2H3. The molecule has 27 heavy (non-hydrogen) atoms. The molecule has 0 radical (unpaired) electrons. The molecule has 6 nitrogen and oxygen atoms in total. The Morgan fingerprint density at radius 2 is 1.70 bits per heavy atom. The molecule has 0 unspecified atom stereocenters. The molecular formula is C21H24N4O2. The van der Waals surface area contributed by atoms with E-state index < -0.39 is 0 Å². The fourth-order valence-corrected chi connectivity index (χ4v) is 3.56. The van der Waals surface area contributed by atoms with Gasteiger partial charge in [-0.2, -0.15) is 0 Å². The van der Waals surface area contributed by atoms with Gasteiger partial charge in [0.05, 0.1) is 14.2 Å². The molecule has 1 aliphatic heterocycles. The van der Waals surface area contributed by atoms with E-state index in [0.29, 0.717) is 0 Å². The molecular weight excluding hydrogens is 340 g/mol. The summed E-state index contributed by atoms with van der Waals surface area (Å²) in [4.78, 5) is 2.45. The molecule has 0 fully saturated rings. The van der Waals surface area contributed by atoms with Gasteiger partial charge < -0.3 is 14.0 Å². The molecule has 0 N–H and O–H groups in total. The lowest BCUT2D eigenvalue weighted by Crippen LogP contribution is -2.26. The van der Waals surface area contributed by atoms with Crippen LogP contribution in [0.2, 0.25) is 0 Å². The largest absolute Gasteiger partial charge is 0.493 e. The normalized spacial score (nSPS) is 14.4. The second-order valence-electron chi connectivity index (χ2n) is 6.67. The molecule has 0 aliphatic carbocycles. The molecule has 0 bridgehead atoms. The minimum absolute atomic E-state index is 0.760. The lowest BCUT2D eigenvalue weighted by atomic mass is 10.2. The number of nitrogens with zero attached hydrogens (tertiary/aromatic N) is 4. The number of methoxy groups -OCH3 is 2. The first kappa shape index (κ1) is 17.5. The van der Waals surface area contributed by atoms with Crippen molar-refractivity contribution in [2.75, 3.05) is 27.3 Å². The van der Waals surface area contributed by atoms with Crippen molar-refractivity contribution in [3.05, 3.63) is 59.9 Å². The van der Waals surface area contributed by atoms with E-state index in [-0.39, 0.29) is 0 Å². The SMILES string of the molecule is COc1ccc(CN2CCc3nnc(-c4ccccc4)n3CC2)cc1OC. The summed E-state index contributed by atoms with van der Waals surface area (Å²) in [7, 11) is 3.33. The van der Waals surface area contributed by atoms with Crippen LogP contribution in [0, 0.1) is 0 Å². The van der Waals surface area contributed by atoms with E-state index in [1.54, 1.807) is 14.2 Å². The highest BCUT2D eigenvalue weighted by molar-refractivity contribution is 5.55. The number of ether oxygens (including phenoxy) is 2. The van der Waals surface area contributed by atoms with Gasteiger partial charge in [-0.15, -0.1) is 10.2 Å². The summed E-state index contributed by atoms with van der Waals surface area (Å²) in [5, 5.41) is 8.86. The zero-order valence-electron chi connectivity index (χ0n) is 15.8. The Hall–Kier alpha value is -2.86.